The molecule has 1 saturated carbocycles. The number of phenols is 1. The van der Waals surface area contributed by atoms with E-state index in [1.54, 1.807) is 29.5 Å². The number of nitrogens with two attached hydrogens (primary N) is 2. The summed E-state index contributed by atoms with van der Waals surface area (Å²) in [4.78, 5) is 40.2. The van der Waals surface area contributed by atoms with Crippen molar-refractivity contribution in [3.05, 3.63) is 37.7 Å². The Morgan fingerprint density at radius 1 is 1.21 bits per heavy atom. The number of hydrogen-bond acceptors (Lipinski definition) is 10. The lowest BCUT2D eigenvalue weighted by Crippen LogP contribution is -2.70. The number of rotatable bonds is 2. The summed E-state index contributed by atoms with van der Waals surface area (Å²) in [5.74, 6) is -9.36. The number of primary amides is 1. The van der Waals surface area contributed by atoms with Crippen molar-refractivity contribution in [1.29, 1.82) is 0 Å². The average Bonchev–Trinajstić information content (AvgIpc) is 2.73. The highest BCUT2D eigenvalue weighted by atomic mass is 127. The van der Waals surface area contributed by atoms with Crippen molar-refractivity contribution in [1.82, 2.24) is 4.90 Å². The van der Waals surface area contributed by atoms with Crippen LogP contribution >= 0.6 is 22.6 Å². The molecule has 34 heavy (non-hydrogen) atoms. The molecule has 1 fully saturated rings. The SMILES string of the molecule is C[C@H]1c2c(N)cc(I)c(O)c2C(O)=C2C(=O)[C@]3(O)C(O)=C(C(N)=O)C(=O)[C@@H](N(C)C)[C@@H]3[C@@H](O)[C@@H]21. The van der Waals surface area contributed by atoms with Gasteiger partial charge in [-0.2, -0.15) is 0 Å². The number of ketones is 2. The molecule has 0 saturated heterocycles. The number of nitrogens with zero attached hydrogens (tertiary/aromatic N) is 1. The standard InChI is InChI=1S/C22H24IN3O8/c1-5-8-7(24)4-6(23)15(27)10(8)16(28)11-9(5)17(29)13-14(26(2)3)18(30)12(21(25)33)20(32)22(13,34)19(11)31/h4-5,9,13-14,17,27-29,32,34H,24H2,1-3H3,(H2,25,33)/t5-,9+,13+,14-,17-,22-/m0/s1. The lowest BCUT2D eigenvalue weighted by molar-refractivity contribution is -0.169. The number of aliphatic hydroxyl groups excluding tert-OH is 3. The van der Waals surface area contributed by atoms with Gasteiger partial charge in [0.25, 0.3) is 5.91 Å². The van der Waals surface area contributed by atoms with Crippen LogP contribution < -0.4 is 11.5 Å². The van der Waals surface area contributed by atoms with Gasteiger partial charge in [-0.05, 0) is 54.2 Å². The van der Waals surface area contributed by atoms with Crippen molar-refractivity contribution >= 4 is 51.5 Å². The topological polar surface area (TPSA) is 208 Å². The summed E-state index contributed by atoms with van der Waals surface area (Å²) in [6.45, 7) is 1.62. The Morgan fingerprint density at radius 2 is 1.79 bits per heavy atom. The third-order valence-corrected chi connectivity index (χ3v) is 8.03. The quantitative estimate of drug-likeness (QED) is 0.104. The third-order valence-electron chi connectivity index (χ3n) is 7.21. The Labute approximate surface area is 207 Å². The van der Waals surface area contributed by atoms with Crippen LogP contribution in [0.2, 0.25) is 0 Å². The number of amides is 1. The minimum absolute atomic E-state index is 0.125. The minimum atomic E-state index is -2.94. The predicted molar refractivity (Wildman–Crippen MR) is 127 cm³/mol. The number of phenolic OH excluding ortho intramolecular Hbond substituents is 1. The van der Waals surface area contributed by atoms with Crippen molar-refractivity contribution in [3.63, 3.8) is 0 Å². The van der Waals surface area contributed by atoms with E-state index in [9.17, 15) is 39.9 Å². The van der Waals surface area contributed by atoms with Crippen LogP contribution in [0.3, 0.4) is 0 Å². The molecule has 1 aromatic rings. The monoisotopic (exact) mass is 585 g/mol. The Balaban J connectivity index is 2.10. The maximum atomic E-state index is 13.8. The van der Waals surface area contributed by atoms with Gasteiger partial charge in [-0.25, -0.2) is 0 Å². The first kappa shape index (κ1) is 24.4. The first-order chi connectivity index (χ1) is 15.7. The summed E-state index contributed by atoms with van der Waals surface area (Å²) in [6.07, 6.45) is -1.66. The van der Waals surface area contributed by atoms with Gasteiger partial charge >= 0.3 is 0 Å². The number of aromatic hydroxyl groups is 1. The summed E-state index contributed by atoms with van der Waals surface area (Å²) in [5.41, 5.74) is 7.48. The first-order valence-corrected chi connectivity index (χ1v) is 11.4. The zero-order valence-electron chi connectivity index (χ0n) is 18.4. The van der Waals surface area contributed by atoms with Crippen molar-refractivity contribution in [2.24, 2.45) is 17.6 Å². The van der Waals surface area contributed by atoms with E-state index in [4.69, 9.17) is 11.5 Å². The number of halogens is 1. The van der Waals surface area contributed by atoms with E-state index in [-0.39, 0.29) is 17.0 Å². The number of anilines is 1. The van der Waals surface area contributed by atoms with Crippen LogP contribution in [-0.4, -0.2) is 79.7 Å². The minimum Gasteiger partial charge on any atom is -0.508 e. The van der Waals surface area contributed by atoms with Crippen LogP contribution in [0.25, 0.3) is 5.76 Å². The number of Topliss-reactive ketones (excluding diaryl/α,β-unsaturated/α-hetero) is 2. The highest BCUT2D eigenvalue weighted by Gasteiger charge is 2.68. The molecule has 1 aromatic carbocycles. The van der Waals surface area contributed by atoms with Gasteiger partial charge in [-0.15, -0.1) is 0 Å². The van der Waals surface area contributed by atoms with Crippen LogP contribution in [0.1, 0.15) is 24.0 Å². The van der Waals surface area contributed by atoms with Gasteiger partial charge < -0.3 is 37.0 Å². The van der Waals surface area contributed by atoms with E-state index in [1.807, 2.05) is 0 Å². The van der Waals surface area contributed by atoms with Crippen molar-refractivity contribution in [2.75, 3.05) is 19.8 Å². The molecule has 9 N–H and O–H groups in total. The van der Waals surface area contributed by atoms with Crippen molar-refractivity contribution in [2.45, 2.75) is 30.6 Å². The number of fused-ring (bicyclic) bond motifs is 3. The molecule has 0 aromatic heterocycles. The summed E-state index contributed by atoms with van der Waals surface area (Å²) < 4.78 is 0.293. The number of carbonyl (C=O) groups is 3. The van der Waals surface area contributed by atoms with Crippen molar-refractivity contribution < 1.29 is 39.9 Å². The van der Waals surface area contributed by atoms with Gasteiger partial charge in [-0.1, -0.05) is 6.92 Å². The van der Waals surface area contributed by atoms with E-state index < -0.39 is 75.6 Å². The van der Waals surface area contributed by atoms with Gasteiger partial charge in [0.15, 0.2) is 11.4 Å². The molecule has 1 amide bonds. The molecular formula is C22H24IN3O8. The lowest BCUT2D eigenvalue weighted by atomic mass is 9.54. The Kier molecular flexibility index (Phi) is 5.51. The van der Waals surface area contributed by atoms with Crippen LogP contribution in [0.15, 0.2) is 23.0 Å². The van der Waals surface area contributed by atoms with Gasteiger partial charge in [0, 0.05) is 17.2 Å². The maximum Gasteiger partial charge on any atom is 0.255 e. The number of likely N-dealkylation sites (N-methyl/N-ethyl adjacent to an activating group) is 1. The predicted octanol–water partition coefficient (Wildman–Crippen LogP) is -0.317. The number of carbonyl (C=O) groups excluding carboxylic acids is 3. The van der Waals surface area contributed by atoms with E-state index in [0.717, 1.165) is 0 Å². The second-order valence-electron chi connectivity index (χ2n) is 9.13. The molecule has 4 rings (SSSR count). The number of benzene rings is 1. The highest BCUT2D eigenvalue weighted by molar-refractivity contribution is 14.1. The maximum absolute atomic E-state index is 13.8. The Bertz CT molecular complexity index is 1240. The molecule has 0 spiro atoms. The number of aliphatic hydroxyl groups is 4. The molecule has 12 heteroatoms. The Morgan fingerprint density at radius 3 is 2.32 bits per heavy atom. The second kappa shape index (κ2) is 7.66. The molecule has 6 atom stereocenters. The largest absolute Gasteiger partial charge is 0.508 e. The summed E-state index contributed by atoms with van der Waals surface area (Å²) in [6, 6.07) is 0.0826. The van der Waals surface area contributed by atoms with Gasteiger partial charge in [0.05, 0.1) is 27.2 Å². The fraction of sp³-hybridized carbons (Fsp3) is 0.409. The molecular weight excluding hydrogens is 561 g/mol. The zero-order chi connectivity index (χ0) is 25.6. The average molecular weight is 585 g/mol. The van der Waals surface area contributed by atoms with Crippen molar-refractivity contribution in [3.8, 4) is 5.75 Å². The fourth-order valence-electron chi connectivity index (χ4n) is 5.77. The summed E-state index contributed by atoms with van der Waals surface area (Å²) in [7, 11) is 2.89. The van der Waals surface area contributed by atoms with Crippen LogP contribution in [-0.2, 0) is 14.4 Å². The molecule has 11 nitrogen and oxygen atoms in total. The molecule has 0 heterocycles. The van der Waals surface area contributed by atoms with Crippen LogP contribution in [0.4, 0.5) is 5.69 Å². The van der Waals surface area contributed by atoms with Crippen LogP contribution in [0.5, 0.6) is 5.75 Å². The van der Waals surface area contributed by atoms with E-state index >= 15 is 0 Å². The van der Waals surface area contributed by atoms with Gasteiger partial charge in [0.1, 0.15) is 22.8 Å². The van der Waals surface area contributed by atoms with E-state index in [1.165, 1.54) is 25.1 Å². The Hall–Kier alpha value is -2.68. The fourth-order valence-corrected chi connectivity index (χ4v) is 6.38. The number of hydrogen-bond donors (Lipinski definition) is 7. The smallest absolute Gasteiger partial charge is 0.255 e. The lowest BCUT2D eigenvalue weighted by Gasteiger charge is -2.53. The summed E-state index contributed by atoms with van der Waals surface area (Å²) >= 11 is 1.80. The third kappa shape index (κ3) is 2.82. The van der Waals surface area contributed by atoms with Gasteiger partial charge in [0.2, 0.25) is 5.78 Å². The van der Waals surface area contributed by atoms with Gasteiger partial charge in [-0.3, -0.25) is 19.3 Å². The molecule has 0 unspecified atom stereocenters. The van der Waals surface area contributed by atoms with E-state index in [2.05, 4.69) is 0 Å². The normalized spacial score (nSPS) is 33.1. The molecule has 0 aliphatic heterocycles. The molecule has 0 bridgehead atoms. The zero-order valence-corrected chi connectivity index (χ0v) is 20.6. The second-order valence-corrected chi connectivity index (χ2v) is 10.3. The molecule has 0 radical (unpaired) electrons. The highest BCUT2D eigenvalue weighted by Crippen LogP contribution is 2.57. The number of nitrogen functional groups attached to an aromatic ring is 1. The first-order valence-electron chi connectivity index (χ1n) is 10.3. The molecule has 3 aliphatic carbocycles. The van der Waals surface area contributed by atoms with E-state index in [0.29, 0.717) is 9.13 Å². The summed E-state index contributed by atoms with van der Waals surface area (Å²) in [5, 5.41) is 55.7. The molecule has 182 valence electrons. The van der Waals surface area contributed by atoms with Crippen LogP contribution in [0, 0.1) is 15.4 Å². The molecule has 3 aliphatic rings.